The van der Waals surface area contributed by atoms with E-state index in [2.05, 4.69) is 33.8 Å². The van der Waals surface area contributed by atoms with Gasteiger partial charge in [-0.1, -0.05) is 0 Å². The van der Waals surface area contributed by atoms with Crippen LogP contribution in [-0.2, 0) is 0 Å². The molecule has 0 aliphatic carbocycles. The predicted molar refractivity (Wildman–Crippen MR) is 55.0 cm³/mol. The van der Waals surface area contributed by atoms with Crippen molar-refractivity contribution in [3.05, 3.63) is 0 Å². The first-order chi connectivity index (χ1) is 4.45. The summed E-state index contributed by atoms with van der Waals surface area (Å²) < 4.78 is 0. The summed E-state index contributed by atoms with van der Waals surface area (Å²) in [6.45, 7) is 12.0. The zero-order valence-electron chi connectivity index (χ0n) is 8.20. The van der Waals surface area contributed by atoms with Crippen molar-refractivity contribution in [1.29, 1.82) is 0 Å². The molecule has 0 saturated carbocycles. The second kappa shape index (κ2) is 4.34. The van der Waals surface area contributed by atoms with Crippen LogP contribution in [0.4, 0.5) is 0 Å². The standard InChI is InChI=1S/C9H23P/c1-6-9(2)7-8-10(3,4)5/h9-10H,6-8H2,1-5H3. The van der Waals surface area contributed by atoms with Crippen LogP contribution in [0.15, 0.2) is 0 Å². The summed E-state index contributed by atoms with van der Waals surface area (Å²) >= 11 is 0. The minimum atomic E-state index is -0.736. The van der Waals surface area contributed by atoms with Crippen LogP contribution >= 0.6 is 7.26 Å². The molecule has 0 bridgehead atoms. The summed E-state index contributed by atoms with van der Waals surface area (Å²) in [7, 11) is -0.736. The van der Waals surface area contributed by atoms with Crippen molar-refractivity contribution >= 4 is 7.26 Å². The normalized spacial score (nSPS) is 16.9. The van der Waals surface area contributed by atoms with Gasteiger partial charge < -0.3 is 0 Å². The Labute approximate surface area is 66.7 Å². The Hall–Kier alpha value is 0.430. The Morgan fingerprint density at radius 3 is 2.00 bits per heavy atom. The van der Waals surface area contributed by atoms with Crippen LogP contribution in [-0.4, -0.2) is 26.2 Å². The second-order valence-corrected chi connectivity index (χ2v) is 10.2. The van der Waals surface area contributed by atoms with E-state index < -0.39 is 7.26 Å². The van der Waals surface area contributed by atoms with Crippen molar-refractivity contribution in [2.75, 3.05) is 26.2 Å². The molecule has 0 rings (SSSR count). The zero-order valence-corrected chi connectivity index (χ0v) is 9.20. The van der Waals surface area contributed by atoms with Crippen LogP contribution < -0.4 is 0 Å². The van der Waals surface area contributed by atoms with Crippen molar-refractivity contribution in [2.45, 2.75) is 26.7 Å². The van der Waals surface area contributed by atoms with E-state index in [-0.39, 0.29) is 0 Å². The third kappa shape index (κ3) is 6.55. The Balaban J connectivity index is 3.36. The molecule has 0 aromatic rings. The molecule has 0 aliphatic heterocycles. The SMILES string of the molecule is CCC(C)CC[PH](C)(C)C. The molecule has 0 heterocycles. The number of hydrogen-bond acceptors (Lipinski definition) is 0. The van der Waals surface area contributed by atoms with Crippen LogP contribution in [0.1, 0.15) is 26.7 Å². The predicted octanol–water partition coefficient (Wildman–Crippen LogP) is 3.06. The summed E-state index contributed by atoms with van der Waals surface area (Å²) in [5, 5.41) is 0. The molecular weight excluding hydrogens is 139 g/mol. The summed E-state index contributed by atoms with van der Waals surface area (Å²) in [6, 6.07) is 0. The van der Waals surface area contributed by atoms with E-state index in [4.69, 9.17) is 0 Å². The average Bonchev–Trinajstić information content (AvgIpc) is 1.81. The first-order valence-electron chi connectivity index (χ1n) is 4.45. The molecule has 0 aromatic carbocycles. The van der Waals surface area contributed by atoms with Gasteiger partial charge in [-0.15, -0.1) is 0 Å². The molecule has 1 unspecified atom stereocenters. The van der Waals surface area contributed by atoms with Gasteiger partial charge in [0.05, 0.1) is 0 Å². The van der Waals surface area contributed by atoms with Crippen molar-refractivity contribution in [3.8, 4) is 0 Å². The molecule has 0 amide bonds. The van der Waals surface area contributed by atoms with Crippen LogP contribution in [0.3, 0.4) is 0 Å². The fraction of sp³-hybridized carbons (Fsp3) is 1.00. The van der Waals surface area contributed by atoms with Crippen LogP contribution in [0.25, 0.3) is 0 Å². The number of hydrogen-bond donors (Lipinski definition) is 0. The van der Waals surface area contributed by atoms with Gasteiger partial charge in [0.2, 0.25) is 0 Å². The summed E-state index contributed by atoms with van der Waals surface area (Å²) in [5.74, 6) is 0.951. The Morgan fingerprint density at radius 1 is 1.20 bits per heavy atom. The molecule has 0 radical (unpaired) electrons. The van der Waals surface area contributed by atoms with Gasteiger partial charge in [0.15, 0.2) is 0 Å². The van der Waals surface area contributed by atoms with Crippen molar-refractivity contribution in [1.82, 2.24) is 0 Å². The molecule has 64 valence electrons. The quantitative estimate of drug-likeness (QED) is 0.557. The molecule has 0 fully saturated rings. The third-order valence-electron chi connectivity index (χ3n) is 2.08. The van der Waals surface area contributed by atoms with Crippen molar-refractivity contribution in [2.24, 2.45) is 5.92 Å². The fourth-order valence-electron chi connectivity index (χ4n) is 0.884. The number of rotatable bonds is 4. The van der Waals surface area contributed by atoms with Gasteiger partial charge in [-0.05, 0) is 0 Å². The molecule has 1 heteroatoms. The Bertz CT molecular complexity index is 81.2. The molecule has 0 nitrogen and oxygen atoms in total. The van der Waals surface area contributed by atoms with Gasteiger partial charge in [0.1, 0.15) is 0 Å². The van der Waals surface area contributed by atoms with Gasteiger partial charge >= 0.3 is 66.0 Å². The second-order valence-electron chi connectivity index (χ2n) is 4.61. The van der Waals surface area contributed by atoms with E-state index in [9.17, 15) is 0 Å². The van der Waals surface area contributed by atoms with E-state index in [0.717, 1.165) is 5.92 Å². The monoisotopic (exact) mass is 162 g/mol. The van der Waals surface area contributed by atoms with Crippen molar-refractivity contribution in [3.63, 3.8) is 0 Å². The molecule has 0 N–H and O–H groups in total. The van der Waals surface area contributed by atoms with E-state index in [1.165, 1.54) is 19.0 Å². The average molecular weight is 162 g/mol. The molecule has 0 aliphatic rings. The zero-order chi connectivity index (χ0) is 8.20. The summed E-state index contributed by atoms with van der Waals surface area (Å²) in [6.07, 6.45) is 4.30. The first kappa shape index (κ1) is 10.4. The minimum absolute atomic E-state index is 0.736. The molecule has 0 spiro atoms. The topological polar surface area (TPSA) is 0 Å². The van der Waals surface area contributed by atoms with Gasteiger partial charge in [-0.2, -0.15) is 0 Å². The van der Waals surface area contributed by atoms with Gasteiger partial charge in [-0.25, -0.2) is 0 Å². The molecular formula is C9H23P. The van der Waals surface area contributed by atoms with E-state index >= 15 is 0 Å². The molecule has 0 saturated heterocycles. The Morgan fingerprint density at radius 2 is 1.70 bits per heavy atom. The third-order valence-corrected chi connectivity index (χ3v) is 3.87. The summed E-state index contributed by atoms with van der Waals surface area (Å²) in [5.41, 5.74) is 0. The molecule has 0 aromatic heterocycles. The van der Waals surface area contributed by atoms with Gasteiger partial charge in [-0.3, -0.25) is 0 Å². The van der Waals surface area contributed by atoms with Gasteiger partial charge in [0, 0.05) is 0 Å². The molecule has 1 atom stereocenters. The van der Waals surface area contributed by atoms with Crippen LogP contribution in [0, 0.1) is 5.92 Å². The Kier molecular flexibility index (Phi) is 4.52. The maximum atomic E-state index is 2.45. The maximum absolute atomic E-state index is 2.45. The van der Waals surface area contributed by atoms with Gasteiger partial charge in [0.25, 0.3) is 0 Å². The van der Waals surface area contributed by atoms with E-state index in [1.807, 2.05) is 0 Å². The van der Waals surface area contributed by atoms with Crippen LogP contribution in [0.2, 0.25) is 0 Å². The van der Waals surface area contributed by atoms with E-state index in [1.54, 1.807) is 0 Å². The first-order valence-corrected chi connectivity index (χ1v) is 8.16. The summed E-state index contributed by atoms with van der Waals surface area (Å²) in [4.78, 5) is 0. The van der Waals surface area contributed by atoms with E-state index in [0.29, 0.717) is 0 Å². The fourth-order valence-corrected chi connectivity index (χ4v) is 2.24. The molecule has 10 heavy (non-hydrogen) atoms. The van der Waals surface area contributed by atoms with Crippen LogP contribution in [0.5, 0.6) is 0 Å². The van der Waals surface area contributed by atoms with Crippen molar-refractivity contribution < 1.29 is 0 Å².